The maximum atomic E-state index is 13.6. The van der Waals surface area contributed by atoms with Crippen molar-refractivity contribution in [2.45, 2.75) is 38.1 Å². The zero-order valence-corrected chi connectivity index (χ0v) is 20.7. The van der Waals surface area contributed by atoms with Crippen LogP contribution in [0.5, 0.6) is 11.5 Å². The van der Waals surface area contributed by atoms with Gasteiger partial charge in [-0.15, -0.1) is 0 Å². The van der Waals surface area contributed by atoms with E-state index in [4.69, 9.17) is 4.74 Å². The lowest BCUT2D eigenvalue weighted by Gasteiger charge is -2.19. The number of alkyl halides is 2. The number of aromatic nitrogens is 1. The molecule has 1 aromatic heterocycles. The molecular weight excluding hydrogens is 500 g/mol. The van der Waals surface area contributed by atoms with Gasteiger partial charge in [-0.05, 0) is 61.0 Å². The molecule has 4 rings (SSSR count). The zero-order chi connectivity index (χ0) is 27.4. The van der Waals surface area contributed by atoms with Crippen LogP contribution in [-0.4, -0.2) is 53.9 Å². The van der Waals surface area contributed by atoms with Crippen molar-refractivity contribution in [3.05, 3.63) is 88.3 Å². The van der Waals surface area contributed by atoms with Gasteiger partial charge in [-0.3, -0.25) is 14.4 Å². The average molecular weight is 528 g/mol. The van der Waals surface area contributed by atoms with Gasteiger partial charge in [0.1, 0.15) is 23.2 Å². The topological polar surface area (TPSA) is 110 Å². The second-order valence-corrected chi connectivity index (χ2v) is 8.88. The average Bonchev–Trinajstić information content (AvgIpc) is 3.20. The molecule has 0 aliphatic carbocycles. The Morgan fingerprint density at radius 2 is 1.74 bits per heavy atom. The van der Waals surface area contributed by atoms with Crippen molar-refractivity contribution in [3.8, 4) is 11.5 Å². The molecule has 1 fully saturated rings. The van der Waals surface area contributed by atoms with Crippen molar-refractivity contribution in [1.82, 2.24) is 9.88 Å². The van der Waals surface area contributed by atoms with Crippen LogP contribution in [0.15, 0.2) is 71.7 Å². The molecule has 1 aliphatic heterocycles. The molecule has 38 heavy (non-hydrogen) atoms. The number of hydrogen-bond donors (Lipinski definition) is 2. The molecule has 9 nitrogen and oxygen atoms in total. The van der Waals surface area contributed by atoms with E-state index < -0.39 is 42.0 Å². The number of benzene rings is 2. The van der Waals surface area contributed by atoms with E-state index in [1.807, 2.05) is 0 Å². The smallest absolute Gasteiger partial charge is 0.387 e. The molecule has 1 aliphatic rings. The van der Waals surface area contributed by atoms with E-state index in [9.17, 15) is 28.3 Å². The van der Waals surface area contributed by atoms with E-state index in [0.29, 0.717) is 5.75 Å². The van der Waals surface area contributed by atoms with Crippen LogP contribution in [0, 0.1) is 0 Å². The van der Waals surface area contributed by atoms with Crippen LogP contribution in [0.2, 0.25) is 0 Å². The molecule has 2 heterocycles. The van der Waals surface area contributed by atoms with Gasteiger partial charge in [-0.2, -0.15) is 8.78 Å². The predicted molar refractivity (Wildman–Crippen MR) is 135 cm³/mol. The largest absolute Gasteiger partial charge is 0.497 e. The summed E-state index contributed by atoms with van der Waals surface area (Å²) in [5.41, 5.74) is 0.567. The van der Waals surface area contributed by atoms with Crippen LogP contribution in [0.25, 0.3) is 0 Å². The summed E-state index contributed by atoms with van der Waals surface area (Å²) in [6, 6.07) is 14.3. The highest BCUT2D eigenvalue weighted by molar-refractivity contribution is 6.05. The molecule has 2 unspecified atom stereocenters. The number of nitrogens with one attached hydrogen (secondary N) is 1. The highest BCUT2D eigenvalue weighted by Crippen LogP contribution is 2.32. The molecule has 1 saturated heterocycles. The van der Waals surface area contributed by atoms with Crippen LogP contribution >= 0.6 is 0 Å². The van der Waals surface area contributed by atoms with E-state index in [2.05, 4.69) is 10.1 Å². The summed E-state index contributed by atoms with van der Waals surface area (Å²) < 4.78 is 35.8. The third kappa shape index (κ3) is 5.83. The van der Waals surface area contributed by atoms with Crippen LogP contribution in [0.4, 0.5) is 14.5 Å². The lowest BCUT2D eigenvalue weighted by atomic mass is 9.93. The second kappa shape index (κ2) is 11.4. The van der Waals surface area contributed by atoms with Gasteiger partial charge in [0.05, 0.1) is 19.8 Å². The number of pyridine rings is 1. The fourth-order valence-electron chi connectivity index (χ4n) is 4.43. The number of ether oxygens (including phenoxy) is 2. The summed E-state index contributed by atoms with van der Waals surface area (Å²) in [5, 5.41) is 12.5. The van der Waals surface area contributed by atoms with Gasteiger partial charge < -0.3 is 29.4 Å². The quantitative estimate of drug-likeness (QED) is 0.443. The highest BCUT2D eigenvalue weighted by atomic mass is 19.3. The lowest BCUT2D eigenvalue weighted by molar-refractivity contribution is -0.118. The summed E-state index contributed by atoms with van der Waals surface area (Å²) in [7, 11) is 1.53. The van der Waals surface area contributed by atoms with Crippen LogP contribution in [-0.2, 0) is 11.3 Å². The fourth-order valence-corrected chi connectivity index (χ4v) is 4.43. The Morgan fingerprint density at radius 3 is 2.34 bits per heavy atom. The third-order valence-electron chi connectivity index (χ3n) is 6.24. The summed E-state index contributed by atoms with van der Waals surface area (Å²) in [4.78, 5) is 41.1. The van der Waals surface area contributed by atoms with Crippen LogP contribution in [0.3, 0.4) is 0 Å². The van der Waals surface area contributed by atoms with Crippen molar-refractivity contribution in [2.75, 3.05) is 18.6 Å². The Morgan fingerprint density at radius 1 is 1.08 bits per heavy atom. The molecule has 2 N–H and O–H groups in total. The zero-order valence-electron chi connectivity index (χ0n) is 20.7. The van der Waals surface area contributed by atoms with Crippen LogP contribution < -0.4 is 25.2 Å². The van der Waals surface area contributed by atoms with E-state index in [0.717, 1.165) is 5.56 Å². The van der Waals surface area contributed by atoms with Gasteiger partial charge in [-0.1, -0.05) is 12.1 Å². The molecule has 2 aromatic carbocycles. The number of amides is 2. The minimum absolute atomic E-state index is 0.0576. The molecule has 3 aromatic rings. The molecule has 0 bridgehead atoms. The summed E-state index contributed by atoms with van der Waals surface area (Å²) >= 11 is 0. The monoisotopic (exact) mass is 527 g/mol. The number of carbonyl (C=O) groups is 2. The number of rotatable bonds is 9. The van der Waals surface area contributed by atoms with Crippen LogP contribution in [0.1, 0.15) is 28.8 Å². The van der Waals surface area contributed by atoms with Gasteiger partial charge in [0, 0.05) is 24.2 Å². The maximum absolute atomic E-state index is 13.6. The predicted octanol–water partition coefficient (Wildman–Crippen LogP) is 2.77. The van der Waals surface area contributed by atoms with Gasteiger partial charge >= 0.3 is 6.61 Å². The number of anilines is 1. The Labute approximate surface area is 217 Å². The molecule has 0 spiro atoms. The Balaban J connectivity index is 1.65. The molecule has 11 heteroatoms. The first-order valence-corrected chi connectivity index (χ1v) is 11.9. The number of halogens is 2. The number of methoxy groups -OCH3 is 1. The minimum atomic E-state index is -3.00. The van der Waals surface area contributed by atoms with E-state index in [-0.39, 0.29) is 30.1 Å². The van der Waals surface area contributed by atoms with Crippen molar-refractivity contribution in [1.29, 1.82) is 0 Å². The van der Waals surface area contributed by atoms with E-state index in [1.54, 1.807) is 37.3 Å². The van der Waals surface area contributed by atoms with Crippen molar-refractivity contribution < 1.29 is 33.0 Å². The molecule has 0 saturated carbocycles. The first kappa shape index (κ1) is 26.8. The first-order valence-electron chi connectivity index (χ1n) is 11.9. The Kier molecular flexibility index (Phi) is 8.06. The SMILES string of the molecule is COc1ccc([C@@H]2CN(c3cccn(CC(C)O)c3=O)C(=O)C2NC(=O)c2ccc(OC(F)F)cc2)cc1. The fraction of sp³-hybridized carbons (Fsp3) is 0.296. The summed E-state index contributed by atoms with van der Waals surface area (Å²) in [5.74, 6) is -1.07. The number of aliphatic hydroxyl groups is 1. The van der Waals surface area contributed by atoms with E-state index in [1.165, 1.54) is 53.1 Å². The number of hydrogen-bond acceptors (Lipinski definition) is 6. The molecule has 0 radical (unpaired) electrons. The number of carbonyl (C=O) groups excluding carboxylic acids is 2. The number of aliphatic hydroxyl groups excluding tert-OH is 1. The number of nitrogens with zero attached hydrogens (tertiary/aromatic N) is 2. The Hall–Kier alpha value is -4.25. The lowest BCUT2D eigenvalue weighted by Crippen LogP contribution is -2.44. The van der Waals surface area contributed by atoms with Crippen molar-refractivity contribution >= 4 is 17.5 Å². The molecular formula is C27H27F2N3O6. The highest BCUT2D eigenvalue weighted by Gasteiger charge is 2.43. The Bertz CT molecular complexity index is 1340. The second-order valence-electron chi connectivity index (χ2n) is 8.88. The third-order valence-corrected chi connectivity index (χ3v) is 6.24. The molecule has 3 atom stereocenters. The van der Waals surface area contributed by atoms with Crippen molar-refractivity contribution in [3.63, 3.8) is 0 Å². The van der Waals surface area contributed by atoms with Gasteiger partial charge in [-0.25, -0.2) is 0 Å². The van der Waals surface area contributed by atoms with Crippen molar-refractivity contribution in [2.24, 2.45) is 0 Å². The standard InChI is InChI=1S/C27H27F2N3O6/c1-16(33)14-31-13-3-4-22(25(31)35)32-15-21(17-5-9-19(37-2)10-6-17)23(26(32)36)30-24(34)18-7-11-20(12-8-18)38-27(28)29/h3-13,16,21,23,27,33H,14-15H2,1-2H3,(H,30,34)/t16?,21-,23?/m0/s1. The van der Waals surface area contributed by atoms with E-state index >= 15 is 0 Å². The summed E-state index contributed by atoms with van der Waals surface area (Å²) in [6.45, 7) is -1.27. The van der Waals surface area contributed by atoms with Gasteiger partial charge in [0.2, 0.25) is 5.91 Å². The molecule has 200 valence electrons. The first-order chi connectivity index (χ1) is 18.2. The normalized spacial score (nSPS) is 17.9. The molecule has 2 amide bonds. The minimum Gasteiger partial charge on any atom is -0.497 e. The van der Waals surface area contributed by atoms with Gasteiger partial charge in [0.15, 0.2) is 0 Å². The maximum Gasteiger partial charge on any atom is 0.387 e. The van der Waals surface area contributed by atoms with Gasteiger partial charge in [0.25, 0.3) is 11.5 Å². The summed E-state index contributed by atoms with van der Waals surface area (Å²) in [6.07, 6.45) is 0.759.